The fourth-order valence-corrected chi connectivity index (χ4v) is 10.8. The van der Waals surface area contributed by atoms with Crippen molar-refractivity contribution in [2.45, 2.75) is 77.2 Å². The van der Waals surface area contributed by atoms with Crippen LogP contribution in [0.3, 0.4) is 0 Å². The summed E-state index contributed by atoms with van der Waals surface area (Å²) in [6.07, 6.45) is -3.91. The molecule has 0 amide bonds. The second-order valence-corrected chi connectivity index (χ2v) is 20.3. The van der Waals surface area contributed by atoms with Crippen molar-refractivity contribution in [1.29, 1.82) is 0 Å². The number of para-hydroxylation sites is 2. The molecule has 12 aromatic rings. The van der Waals surface area contributed by atoms with Gasteiger partial charge in [0, 0.05) is 66.2 Å². The third-order valence-electron chi connectivity index (χ3n) is 14.4. The van der Waals surface area contributed by atoms with Crippen molar-refractivity contribution in [3.05, 3.63) is 235 Å². The van der Waals surface area contributed by atoms with Crippen LogP contribution in [0.2, 0.25) is 0 Å². The number of fused-ring (bicyclic) bond motifs is 11. The van der Waals surface area contributed by atoms with Gasteiger partial charge in [-0.3, -0.25) is 4.57 Å². The van der Waals surface area contributed by atoms with Gasteiger partial charge in [0.2, 0.25) is 0 Å². The molecule has 9 aromatic carbocycles. The molecule has 0 saturated heterocycles. The fraction of sp³-hybridized carbons (Fsp3) is 0.167. The molecule has 0 atom stereocenters. The van der Waals surface area contributed by atoms with Gasteiger partial charge >= 0.3 is 0 Å². The first-order valence-corrected chi connectivity index (χ1v) is 24.9. The number of ether oxygens (including phenoxy) is 1. The average molecular weight is 1210 g/mol. The molecule has 1 aliphatic carbocycles. The average Bonchev–Trinajstić information content (AvgIpc) is 0.762. The quantitative estimate of drug-likeness (QED) is 0.123. The van der Waals surface area contributed by atoms with Crippen LogP contribution in [0.4, 0.5) is 0 Å². The van der Waals surface area contributed by atoms with Crippen molar-refractivity contribution in [2.24, 2.45) is 0 Å². The Labute approximate surface area is 505 Å². The molecule has 78 heavy (non-hydrogen) atoms. The van der Waals surface area contributed by atoms with E-state index in [4.69, 9.17) is 30.3 Å². The summed E-state index contributed by atoms with van der Waals surface area (Å²) in [5, 5.41) is 1.77. The number of aromatic nitrogens is 4. The Morgan fingerprint density at radius 2 is 1.27 bits per heavy atom. The number of rotatable bonds is 6. The molecule has 0 spiro atoms. The molecule has 0 bridgehead atoms. The van der Waals surface area contributed by atoms with Gasteiger partial charge in [0.05, 0.1) is 27.7 Å². The van der Waals surface area contributed by atoms with Crippen molar-refractivity contribution >= 4 is 32.8 Å². The molecular formula is C72H58N4OPt-2. The number of nitrogens with zero attached hydrogens (tertiary/aromatic N) is 4. The van der Waals surface area contributed by atoms with Gasteiger partial charge in [0.25, 0.3) is 6.33 Å². The van der Waals surface area contributed by atoms with Gasteiger partial charge in [0.15, 0.2) is 0 Å². The van der Waals surface area contributed by atoms with E-state index in [1.807, 2.05) is 59.2 Å². The Hall–Kier alpha value is -8.11. The molecule has 2 aliphatic rings. The monoisotopic (exact) mass is 1210 g/mol. The van der Waals surface area contributed by atoms with Crippen molar-refractivity contribution in [2.75, 3.05) is 0 Å². The molecule has 5 nitrogen and oxygen atoms in total. The maximum Gasteiger partial charge on any atom is 0.268 e. The van der Waals surface area contributed by atoms with Crippen LogP contribution in [0.15, 0.2) is 200 Å². The topological polar surface area (TPSA) is 35.9 Å². The molecular weight excluding hydrogens is 1130 g/mol. The van der Waals surface area contributed by atoms with Gasteiger partial charge in [-0.25, -0.2) is 4.98 Å². The van der Waals surface area contributed by atoms with Crippen molar-refractivity contribution in [3.8, 4) is 84.3 Å². The molecule has 0 radical (unpaired) electrons. The summed E-state index contributed by atoms with van der Waals surface area (Å²) in [6.45, 7) is -10.9. The van der Waals surface area contributed by atoms with E-state index in [1.165, 1.54) is 16.7 Å². The summed E-state index contributed by atoms with van der Waals surface area (Å²) in [4.78, 5) is 4.81. The predicted molar refractivity (Wildman–Crippen MR) is 315 cm³/mol. The van der Waals surface area contributed by atoms with Crippen LogP contribution in [-0.4, -0.2) is 14.1 Å². The minimum atomic E-state index is -4.59. The van der Waals surface area contributed by atoms with Crippen LogP contribution in [0.25, 0.3) is 106 Å². The molecule has 4 heterocycles. The van der Waals surface area contributed by atoms with Crippen LogP contribution in [0.5, 0.6) is 11.5 Å². The number of hydrogen-bond acceptors (Lipinski definition) is 2. The normalized spacial score (nSPS) is 20.5. The zero-order valence-corrected chi connectivity index (χ0v) is 44.2. The Morgan fingerprint density at radius 3 is 2.03 bits per heavy atom. The van der Waals surface area contributed by atoms with E-state index in [0.29, 0.717) is 39.2 Å². The number of benzene rings is 9. The van der Waals surface area contributed by atoms with Gasteiger partial charge in [-0.15, -0.1) is 29.7 Å². The summed E-state index contributed by atoms with van der Waals surface area (Å²) in [6, 6.07) is 42.2. The summed E-state index contributed by atoms with van der Waals surface area (Å²) < 4.78 is 233. The van der Waals surface area contributed by atoms with E-state index in [1.54, 1.807) is 89.6 Å². The van der Waals surface area contributed by atoms with Gasteiger partial charge in [-0.1, -0.05) is 193 Å². The van der Waals surface area contributed by atoms with E-state index in [-0.39, 0.29) is 82.6 Å². The van der Waals surface area contributed by atoms with Crippen LogP contribution < -0.4 is 9.30 Å². The maximum absolute atomic E-state index is 10.4. The van der Waals surface area contributed by atoms with Gasteiger partial charge < -0.3 is 13.9 Å². The Bertz CT molecular complexity index is 5470. The molecule has 3 aromatic heterocycles. The van der Waals surface area contributed by atoms with Crippen LogP contribution in [0.1, 0.15) is 111 Å². The molecule has 0 fully saturated rings. The molecule has 14 rings (SSSR count). The van der Waals surface area contributed by atoms with Gasteiger partial charge in [0.1, 0.15) is 5.82 Å². The minimum Gasteiger partial charge on any atom is -0.510 e. The zero-order valence-electron chi connectivity index (χ0n) is 65.9. The molecule has 0 N–H and O–H groups in total. The van der Waals surface area contributed by atoms with E-state index in [9.17, 15) is 12.3 Å². The first kappa shape index (κ1) is 29.6. The standard InChI is InChI=1S/C72H58N4O.Pt/c1-70(2,3)49-35-38-73-67(42-49)76-64-30-16-15-27-58(64)59-33-32-52(44-65(59)76)77-51-22-17-21-50(43-51)74-45-75-68-53(46-19-9-8-10-20-46)28-18-29-60(68)56-25-13-11-23-54(56)55-24-12-14-26-57(55)61-39-48(41-66(74)69(61)75)47-31-34-62-63(40-47)72(6,7)37-36-71(62,4)5;/h8-35,38-42H,36-37H2,1-7H3;/q-2;/i4D3,5D3,6D3,7D3,8D,9D,10D,19D,20D,31D,34D,36D2,37D2,40D;. The third kappa shape index (κ3) is 8.08. The Morgan fingerprint density at radius 1 is 0.603 bits per heavy atom. The molecule has 0 unspecified atom stereocenters. The first-order chi connectivity index (χ1) is 47.2. The summed E-state index contributed by atoms with van der Waals surface area (Å²) in [7, 11) is 0. The SMILES string of the molecule is [2H]c1c([2H])c([2H])c(-c2cccc3c2-[n+]2[c-]n(-c4[c-]c(Oc5[c-]c6c(cc5)c5ccccc5n6-c5cc(C(C)(C)C)ccn5)ccc4)c4cc(-c5c([2H])c([2H])c6c(c5[2H])C(C([2H])([2H])[2H])(C([2H])([2H])[2H])C([2H])([2H])C([2H])([2H])C6(C([2H])([2H])[2H])C([2H])([2H])[2H])cc(c42)-c2ccccc2-c2ccccc2-3)c([2H])c1[2H].[Pt]. The van der Waals surface area contributed by atoms with E-state index < -0.39 is 116 Å². The van der Waals surface area contributed by atoms with Crippen LogP contribution >= 0.6 is 0 Å². The largest absolute Gasteiger partial charge is 0.510 e. The number of hydrogen-bond donors (Lipinski definition) is 0. The second kappa shape index (κ2) is 18.5. The third-order valence-corrected chi connectivity index (χ3v) is 14.4. The maximum atomic E-state index is 10.4. The zero-order chi connectivity index (χ0) is 72.9. The molecule has 1 aliphatic heterocycles. The Kier molecular flexibility index (Phi) is 7.03. The van der Waals surface area contributed by atoms with Crippen molar-refractivity contribution < 1.29 is 63.3 Å². The summed E-state index contributed by atoms with van der Waals surface area (Å²) in [5.74, 6) is 0.983. The second-order valence-electron chi connectivity index (χ2n) is 20.3. The van der Waals surface area contributed by atoms with E-state index in [2.05, 4.69) is 39.2 Å². The Balaban J connectivity index is 0.00000928. The fourth-order valence-electron chi connectivity index (χ4n) is 10.8. The van der Waals surface area contributed by atoms with Crippen LogP contribution in [-0.2, 0) is 37.3 Å². The molecule has 6 heteroatoms. The van der Waals surface area contributed by atoms with Crippen LogP contribution in [0, 0.1) is 18.5 Å². The van der Waals surface area contributed by atoms with Crippen molar-refractivity contribution in [3.63, 3.8) is 0 Å². The number of imidazole rings is 1. The number of pyridine rings is 1. The molecule has 384 valence electrons. The van der Waals surface area contributed by atoms with E-state index in [0.717, 1.165) is 21.9 Å². The van der Waals surface area contributed by atoms with Gasteiger partial charge in [-0.2, -0.15) is 18.2 Å². The minimum absolute atomic E-state index is 0. The smallest absolute Gasteiger partial charge is 0.268 e. The first-order valence-electron chi connectivity index (χ1n) is 36.9. The summed E-state index contributed by atoms with van der Waals surface area (Å²) in [5.41, 5.74) is -7.69. The summed E-state index contributed by atoms with van der Waals surface area (Å²) >= 11 is 0. The predicted octanol–water partition coefficient (Wildman–Crippen LogP) is 17.9. The van der Waals surface area contributed by atoms with Gasteiger partial charge in [-0.05, 0) is 137 Å². The molecule has 0 saturated carbocycles. The van der Waals surface area contributed by atoms with Crippen molar-refractivity contribution in [1.82, 2.24) is 14.1 Å². The van der Waals surface area contributed by atoms with E-state index >= 15 is 0 Å².